The maximum Gasteiger partial charge on any atom is 1.00 e. The van der Waals surface area contributed by atoms with Crippen LogP contribution in [0.1, 0.15) is 37.3 Å². The number of carbonyl (C=O) groups excluding carboxylic acids is 1. The summed E-state index contributed by atoms with van der Waals surface area (Å²) < 4.78 is 17.1. The number of hydrogen-bond acceptors (Lipinski definition) is 7. The summed E-state index contributed by atoms with van der Waals surface area (Å²) in [4.78, 5) is 23.7. The summed E-state index contributed by atoms with van der Waals surface area (Å²) in [5, 5.41) is 9.22. The molecule has 1 aromatic carbocycles. The van der Waals surface area contributed by atoms with Gasteiger partial charge in [0.05, 0.1) is 19.3 Å². The number of hydrogen-bond donors (Lipinski definition) is 0. The number of nitrogens with zero attached hydrogens (tertiary/aromatic N) is 5. The van der Waals surface area contributed by atoms with Crippen molar-refractivity contribution < 1.29 is 56.7 Å². The molecule has 0 N–H and O–H groups in total. The van der Waals surface area contributed by atoms with Gasteiger partial charge in [0.15, 0.2) is 0 Å². The first-order chi connectivity index (χ1) is 20.4. The van der Waals surface area contributed by atoms with Gasteiger partial charge in [-0.3, -0.25) is 10.5 Å². The molecule has 0 radical (unpaired) electrons. The number of carbonyl (C=O) groups is 1. The molecule has 0 unspecified atom stereocenters. The molecule has 2 fully saturated rings. The van der Waals surface area contributed by atoms with Gasteiger partial charge in [-0.25, -0.2) is 9.78 Å². The number of pyridine rings is 1. The van der Waals surface area contributed by atoms with Crippen LogP contribution in [-0.4, -0.2) is 84.3 Å². The van der Waals surface area contributed by atoms with E-state index in [4.69, 9.17) is 20.8 Å². The van der Waals surface area contributed by atoms with Crippen molar-refractivity contribution in [2.24, 2.45) is 4.99 Å². The third-order valence-electron chi connectivity index (χ3n) is 6.62. The third-order valence-corrected chi connectivity index (χ3v) is 6.62. The maximum atomic E-state index is 12.1. The molecule has 11 heteroatoms. The Morgan fingerprint density at radius 3 is 2.59 bits per heavy atom. The van der Waals surface area contributed by atoms with Crippen LogP contribution in [0.3, 0.4) is 0 Å². The second-order valence-electron chi connectivity index (χ2n) is 10.1. The minimum absolute atomic E-state index is 0. The summed E-state index contributed by atoms with van der Waals surface area (Å²) >= 11 is 0. The first kappa shape index (κ1) is 39.4. The van der Waals surface area contributed by atoms with E-state index in [1.807, 2.05) is 25.1 Å². The van der Waals surface area contributed by atoms with Crippen molar-refractivity contribution in [2.75, 3.05) is 39.3 Å². The van der Waals surface area contributed by atoms with Gasteiger partial charge < -0.3 is 62.2 Å². The van der Waals surface area contributed by atoms with Gasteiger partial charge in [-0.1, -0.05) is 36.4 Å². The Morgan fingerprint density at radius 2 is 1.95 bits per heavy atom. The zero-order chi connectivity index (χ0) is 30.2. The minimum Gasteiger partial charge on any atom is -0.911 e. The van der Waals surface area contributed by atoms with Gasteiger partial charge in [0.2, 0.25) is 0 Å². The topological polar surface area (TPSA) is 98.8 Å². The second kappa shape index (κ2) is 21.2. The van der Waals surface area contributed by atoms with Crippen LogP contribution in [0.5, 0.6) is 5.88 Å². The molecule has 1 aromatic heterocycles. The standard InChI is InChI=1S/C19H28N2O3.C14H11N3O.2Li/c1-4-21(5-2)18(22)24-19(3)11-12-20(16-19)13-14-23-15-17-9-7-6-8-10-17;1-2-7-16-10-11(9-15)13-4-3-8-17-14(13)18-12-5-6-12;;/h6-10H,1-2,4-5,11-16H2,3H3;1-4,8-9,12H,5-6H2;;/q-2;-4;2*+1/t19-;;;/m1.../s1. The number of aromatic nitrogens is 1. The summed E-state index contributed by atoms with van der Waals surface area (Å²) in [5.74, 6) is 0.472. The molecule has 4 rings (SSSR count). The van der Waals surface area contributed by atoms with E-state index >= 15 is 0 Å². The maximum absolute atomic E-state index is 12.1. The average Bonchev–Trinajstić information content (AvgIpc) is 3.75. The Kier molecular flexibility index (Phi) is 19.0. The fourth-order valence-electron chi connectivity index (χ4n) is 4.15. The molecule has 226 valence electrons. The Morgan fingerprint density at radius 1 is 1.23 bits per heavy atom. The molecular weight excluding hydrogens is 544 g/mol. The summed E-state index contributed by atoms with van der Waals surface area (Å²) in [5.41, 5.74) is 1.74. The molecule has 1 atom stereocenters. The predicted molar refractivity (Wildman–Crippen MR) is 165 cm³/mol. The van der Waals surface area contributed by atoms with Crippen LogP contribution in [0.2, 0.25) is 0 Å². The fourth-order valence-corrected chi connectivity index (χ4v) is 4.15. The van der Waals surface area contributed by atoms with Crippen molar-refractivity contribution in [1.82, 2.24) is 14.8 Å². The first-order valence-corrected chi connectivity index (χ1v) is 14.0. The van der Waals surface area contributed by atoms with Crippen LogP contribution in [0.25, 0.3) is 11.0 Å². The molecule has 1 saturated heterocycles. The monoisotopic (exact) mass is 583 g/mol. The Bertz CT molecular complexity index is 1210. The molecule has 1 saturated carbocycles. The number of amides is 1. The average molecular weight is 584 g/mol. The number of rotatable bonds is 14. The SMILES string of the molecule is [CH-]=C[C-]=N[C-]=C(C=[N-])c1cccnc1OC1CC1.[CH2-]CN(C[CH2-])C(=O)O[C@]1(C)CCN(CCOCc2ccccc2)C1.[Li+].[Li+]. The molecule has 9 nitrogen and oxygen atoms in total. The first-order valence-electron chi connectivity index (χ1n) is 14.0. The molecule has 0 spiro atoms. The van der Waals surface area contributed by atoms with Gasteiger partial charge in [-0.2, -0.15) is 12.4 Å². The van der Waals surface area contributed by atoms with E-state index in [0.717, 1.165) is 51.2 Å². The second-order valence-corrected chi connectivity index (χ2v) is 10.1. The van der Waals surface area contributed by atoms with Crippen molar-refractivity contribution in [2.45, 2.75) is 44.5 Å². The minimum atomic E-state index is -0.445. The number of aliphatic imine (C=N–C) groups is 1. The van der Waals surface area contributed by atoms with E-state index in [-0.39, 0.29) is 49.9 Å². The van der Waals surface area contributed by atoms with E-state index in [1.54, 1.807) is 18.3 Å². The Labute approximate surface area is 287 Å². The quantitative estimate of drug-likeness (QED) is 0.124. The largest absolute Gasteiger partial charge is 1.00 e. The van der Waals surface area contributed by atoms with Gasteiger partial charge in [-0.15, -0.1) is 24.7 Å². The molecule has 0 bridgehead atoms. The van der Waals surface area contributed by atoms with E-state index in [1.165, 1.54) is 10.5 Å². The summed E-state index contributed by atoms with van der Waals surface area (Å²) in [7, 11) is 0. The third kappa shape index (κ3) is 13.6. The number of benzene rings is 1. The van der Waals surface area contributed by atoms with Crippen LogP contribution in [0.4, 0.5) is 4.79 Å². The van der Waals surface area contributed by atoms with Gasteiger partial charge in [0, 0.05) is 32.3 Å². The van der Waals surface area contributed by atoms with Crippen LogP contribution in [0, 0.1) is 26.6 Å². The van der Waals surface area contributed by atoms with E-state index in [2.05, 4.69) is 53.3 Å². The zero-order valence-electron chi connectivity index (χ0n) is 26.3. The number of ether oxygens (including phenoxy) is 3. The summed E-state index contributed by atoms with van der Waals surface area (Å²) in [6.45, 7) is 19.1. The van der Waals surface area contributed by atoms with Gasteiger partial charge in [0.25, 0.3) is 0 Å². The van der Waals surface area contributed by atoms with Crippen molar-refractivity contribution in [3.05, 3.63) is 97.9 Å². The van der Waals surface area contributed by atoms with Crippen LogP contribution < -0.4 is 42.5 Å². The van der Waals surface area contributed by atoms with Crippen LogP contribution >= 0.6 is 0 Å². The van der Waals surface area contributed by atoms with Gasteiger partial charge >= 0.3 is 43.8 Å². The molecule has 1 amide bonds. The van der Waals surface area contributed by atoms with Crippen LogP contribution in [-0.2, 0) is 16.1 Å². The van der Waals surface area contributed by atoms with E-state index in [0.29, 0.717) is 43.3 Å². The normalized spacial score (nSPS) is 17.8. The smallest absolute Gasteiger partial charge is 0.911 e. The Hall–Kier alpha value is -2.63. The van der Waals surface area contributed by atoms with E-state index < -0.39 is 5.60 Å². The van der Waals surface area contributed by atoms with Crippen molar-refractivity contribution in [3.63, 3.8) is 0 Å². The molecular formula is C33H39Li2N5O4-4. The predicted octanol–water partition coefficient (Wildman–Crippen LogP) is -0.874. The van der Waals surface area contributed by atoms with E-state index in [9.17, 15) is 10.2 Å². The fraction of sp³-hybridized carbons (Fsp3) is 0.394. The molecule has 2 aliphatic rings. The number of allylic oxidation sites excluding steroid dienone is 2. The molecule has 2 aromatic rings. The molecule has 44 heavy (non-hydrogen) atoms. The van der Waals surface area contributed by atoms with Crippen LogP contribution in [0.15, 0.2) is 59.7 Å². The number of likely N-dealkylation sites (tertiary alicyclic amines) is 1. The van der Waals surface area contributed by atoms with Crippen molar-refractivity contribution in [3.8, 4) is 5.88 Å². The summed E-state index contributed by atoms with van der Waals surface area (Å²) in [6.07, 6.45) is 11.5. The van der Waals surface area contributed by atoms with Crippen molar-refractivity contribution in [1.29, 1.82) is 0 Å². The molecule has 2 heterocycles. The summed E-state index contributed by atoms with van der Waals surface area (Å²) in [6, 6.07) is 13.7. The zero-order valence-corrected chi connectivity index (χ0v) is 26.3. The van der Waals surface area contributed by atoms with Gasteiger partial charge in [-0.05, 0) is 25.3 Å². The Balaban J connectivity index is 0.000000436. The molecule has 1 aliphatic heterocycles. The molecule has 1 aliphatic carbocycles. The van der Waals surface area contributed by atoms with Gasteiger partial charge in [0.1, 0.15) is 11.5 Å². The van der Waals surface area contributed by atoms with Crippen molar-refractivity contribution >= 4 is 24.1 Å².